The van der Waals surface area contributed by atoms with Crippen LogP contribution in [0.2, 0.25) is 0 Å². The van der Waals surface area contributed by atoms with Gasteiger partial charge in [0.1, 0.15) is 17.4 Å². The van der Waals surface area contributed by atoms with Gasteiger partial charge in [-0.1, -0.05) is 55.0 Å². The number of likely N-dealkylation sites (N-methyl/N-ethyl adjacent to an activating group) is 1. The number of carbonyl (C=O) groups is 1. The number of sulfonamides is 1. The van der Waals surface area contributed by atoms with Crippen LogP contribution in [0.5, 0.6) is 5.75 Å². The molecular weight excluding hydrogens is 412 g/mol. The number of nitrogens with one attached hydrogen (secondary N) is 1. The van der Waals surface area contributed by atoms with Crippen molar-refractivity contribution in [2.45, 2.75) is 56.2 Å². The number of hydrogen-bond acceptors (Lipinski definition) is 4. The maximum atomic E-state index is 13.5. The summed E-state index contributed by atoms with van der Waals surface area (Å²) in [6, 6.07) is 15.7. The molecule has 0 radical (unpaired) electrons. The van der Waals surface area contributed by atoms with Crippen molar-refractivity contribution in [3.05, 3.63) is 65.7 Å². The third kappa shape index (κ3) is 4.62. The smallest absolute Gasteiger partial charge is 0.243 e. The van der Waals surface area contributed by atoms with E-state index in [1.807, 2.05) is 42.5 Å². The van der Waals surface area contributed by atoms with E-state index in [0.29, 0.717) is 12.0 Å². The SMILES string of the molecule is CN([C@H](C(=O)N[C@H]1CC2(CCCCC2)Oc2ccccc21)c1ccccc1)S(C)(=O)=O. The van der Waals surface area contributed by atoms with Crippen LogP contribution >= 0.6 is 0 Å². The average molecular weight is 443 g/mol. The Labute approximate surface area is 184 Å². The fourth-order valence-electron chi connectivity index (χ4n) is 4.85. The Balaban J connectivity index is 1.66. The van der Waals surface area contributed by atoms with Gasteiger partial charge in [0.15, 0.2) is 0 Å². The van der Waals surface area contributed by atoms with Gasteiger partial charge in [-0.05, 0) is 37.3 Å². The van der Waals surface area contributed by atoms with E-state index in [0.717, 1.165) is 47.6 Å². The van der Waals surface area contributed by atoms with Crippen LogP contribution in [0.3, 0.4) is 0 Å². The van der Waals surface area contributed by atoms with Gasteiger partial charge in [-0.15, -0.1) is 0 Å². The van der Waals surface area contributed by atoms with Crippen LogP contribution in [0.4, 0.5) is 0 Å². The summed E-state index contributed by atoms with van der Waals surface area (Å²) in [7, 11) is -2.12. The lowest BCUT2D eigenvalue weighted by Gasteiger charge is -2.45. The molecule has 31 heavy (non-hydrogen) atoms. The molecule has 6 nitrogen and oxygen atoms in total. The highest BCUT2D eigenvalue weighted by molar-refractivity contribution is 7.88. The first kappa shape index (κ1) is 21.8. The Hall–Kier alpha value is -2.38. The largest absolute Gasteiger partial charge is 0.487 e. The van der Waals surface area contributed by atoms with Crippen molar-refractivity contribution in [3.8, 4) is 5.75 Å². The van der Waals surface area contributed by atoms with E-state index < -0.39 is 16.1 Å². The van der Waals surface area contributed by atoms with Gasteiger partial charge in [0.2, 0.25) is 15.9 Å². The Morgan fingerprint density at radius 1 is 1.06 bits per heavy atom. The minimum atomic E-state index is -3.58. The van der Waals surface area contributed by atoms with Crippen molar-refractivity contribution in [3.63, 3.8) is 0 Å². The third-order valence-electron chi connectivity index (χ3n) is 6.53. The molecule has 1 aliphatic carbocycles. The number of nitrogens with zero attached hydrogens (tertiary/aromatic N) is 1. The molecule has 2 aromatic carbocycles. The second-order valence-electron chi connectivity index (χ2n) is 8.74. The molecule has 2 atom stereocenters. The van der Waals surface area contributed by atoms with Crippen molar-refractivity contribution in [2.75, 3.05) is 13.3 Å². The second-order valence-corrected chi connectivity index (χ2v) is 10.8. The zero-order valence-electron chi connectivity index (χ0n) is 18.1. The van der Waals surface area contributed by atoms with Gasteiger partial charge in [-0.3, -0.25) is 4.79 Å². The standard InChI is InChI=1S/C24H30N2O4S/c1-26(31(2,28)29)22(18-11-5-3-6-12-18)23(27)25-20-17-24(15-9-4-10-16-24)30-21-14-8-7-13-19(20)21/h3,5-8,11-14,20,22H,4,9-10,15-17H2,1-2H3,(H,25,27)/t20-,22-/m0/s1. The summed E-state index contributed by atoms with van der Waals surface area (Å²) in [5.41, 5.74) is 1.32. The van der Waals surface area contributed by atoms with Crippen molar-refractivity contribution in [2.24, 2.45) is 0 Å². The van der Waals surface area contributed by atoms with Crippen molar-refractivity contribution < 1.29 is 17.9 Å². The molecule has 1 heterocycles. The first-order valence-corrected chi connectivity index (χ1v) is 12.7. The van der Waals surface area contributed by atoms with Crippen LogP contribution < -0.4 is 10.1 Å². The number of benzene rings is 2. The van der Waals surface area contributed by atoms with Gasteiger partial charge in [0.05, 0.1) is 12.3 Å². The molecule has 0 aromatic heterocycles. The molecule has 0 unspecified atom stereocenters. The minimum absolute atomic E-state index is 0.227. The van der Waals surface area contributed by atoms with Crippen LogP contribution in [-0.4, -0.2) is 37.5 Å². The summed E-state index contributed by atoms with van der Waals surface area (Å²) in [5, 5.41) is 3.17. The lowest BCUT2D eigenvalue weighted by atomic mass is 9.77. The molecule has 7 heteroatoms. The van der Waals surface area contributed by atoms with Crippen LogP contribution in [0.1, 0.15) is 61.7 Å². The zero-order valence-corrected chi connectivity index (χ0v) is 18.9. The molecule has 2 aliphatic rings. The fourth-order valence-corrected chi connectivity index (χ4v) is 5.45. The van der Waals surface area contributed by atoms with E-state index in [2.05, 4.69) is 5.32 Å². The highest BCUT2D eigenvalue weighted by atomic mass is 32.2. The van der Waals surface area contributed by atoms with E-state index >= 15 is 0 Å². The monoisotopic (exact) mass is 442 g/mol. The van der Waals surface area contributed by atoms with Gasteiger partial charge in [0, 0.05) is 19.0 Å². The lowest BCUT2D eigenvalue weighted by Crippen LogP contribution is -2.48. The molecule has 1 fully saturated rings. The van der Waals surface area contributed by atoms with E-state index in [1.165, 1.54) is 13.5 Å². The van der Waals surface area contributed by atoms with Crippen molar-refractivity contribution in [1.82, 2.24) is 9.62 Å². The highest BCUT2D eigenvalue weighted by Crippen LogP contribution is 2.46. The highest BCUT2D eigenvalue weighted by Gasteiger charge is 2.43. The summed E-state index contributed by atoms with van der Waals surface area (Å²) in [5.74, 6) is 0.487. The lowest BCUT2D eigenvalue weighted by molar-refractivity contribution is -0.126. The van der Waals surface area contributed by atoms with Crippen molar-refractivity contribution in [1.29, 1.82) is 0 Å². The van der Waals surface area contributed by atoms with Crippen LogP contribution in [0, 0.1) is 0 Å². The van der Waals surface area contributed by atoms with Gasteiger partial charge in [-0.2, -0.15) is 4.31 Å². The fraction of sp³-hybridized carbons (Fsp3) is 0.458. The molecule has 0 bridgehead atoms. The molecule has 1 spiro atoms. The molecule has 166 valence electrons. The topological polar surface area (TPSA) is 75.7 Å². The quantitative estimate of drug-likeness (QED) is 0.760. The predicted octanol–water partition coefficient (Wildman–Crippen LogP) is 3.96. The molecule has 4 rings (SSSR count). The van der Waals surface area contributed by atoms with E-state index in [1.54, 1.807) is 12.1 Å². The van der Waals surface area contributed by atoms with E-state index in [9.17, 15) is 13.2 Å². The Morgan fingerprint density at radius 3 is 2.39 bits per heavy atom. The number of fused-ring (bicyclic) bond motifs is 1. The Bertz CT molecular complexity index is 1030. The van der Waals surface area contributed by atoms with Gasteiger partial charge < -0.3 is 10.1 Å². The maximum absolute atomic E-state index is 13.5. The molecule has 2 aromatic rings. The minimum Gasteiger partial charge on any atom is -0.487 e. The zero-order chi connectivity index (χ0) is 22.1. The molecule has 1 aliphatic heterocycles. The number of amides is 1. The summed E-state index contributed by atoms with van der Waals surface area (Å²) in [4.78, 5) is 13.5. The summed E-state index contributed by atoms with van der Waals surface area (Å²) < 4.78 is 32.2. The third-order valence-corrected chi connectivity index (χ3v) is 7.79. The van der Waals surface area contributed by atoms with Gasteiger partial charge in [0.25, 0.3) is 0 Å². The van der Waals surface area contributed by atoms with Crippen LogP contribution in [0.25, 0.3) is 0 Å². The second kappa shape index (κ2) is 8.63. The Kier molecular flexibility index (Phi) is 6.08. The van der Waals surface area contributed by atoms with E-state index in [-0.39, 0.29) is 17.6 Å². The summed E-state index contributed by atoms with van der Waals surface area (Å²) >= 11 is 0. The molecule has 1 saturated carbocycles. The molecular formula is C24H30N2O4S. The first-order valence-electron chi connectivity index (χ1n) is 10.9. The van der Waals surface area contributed by atoms with Crippen molar-refractivity contribution >= 4 is 15.9 Å². The normalized spacial score (nSPS) is 21.2. The number of hydrogen-bond donors (Lipinski definition) is 1. The van der Waals surface area contributed by atoms with Gasteiger partial charge in [-0.25, -0.2) is 8.42 Å². The number of rotatable bonds is 5. The van der Waals surface area contributed by atoms with Gasteiger partial charge >= 0.3 is 0 Å². The molecule has 0 saturated heterocycles. The summed E-state index contributed by atoms with van der Waals surface area (Å²) in [6.45, 7) is 0. The first-order chi connectivity index (χ1) is 14.8. The van der Waals surface area contributed by atoms with E-state index in [4.69, 9.17) is 4.74 Å². The number of carbonyl (C=O) groups excluding carboxylic acids is 1. The Morgan fingerprint density at radius 2 is 1.71 bits per heavy atom. The van der Waals surface area contributed by atoms with Crippen LogP contribution in [0.15, 0.2) is 54.6 Å². The number of ether oxygens (including phenoxy) is 1. The predicted molar refractivity (Wildman–Crippen MR) is 120 cm³/mol. The average Bonchev–Trinajstić information content (AvgIpc) is 2.74. The molecule has 1 amide bonds. The molecule has 1 N–H and O–H groups in total. The summed E-state index contributed by atoms with van der Waals surface area (Å²) in [6.07, 6.45) is 7.20. The maximum Gasteiger partial charge on any atom is 0.243 e. The van der Waals surface area contributed by atoms with Crippen LogP contribution in [-0.2, 0) is 14.8 Å². The number of para-hydroxylation sites is 1.